The van der Waals surface area contributed by atoms with Crippen LogP contribution in [0.5, 0.6) is 0 Å². The molecule has 24 heavy (non-hydrogen) atoms. The molecule has 1 aromatic rings. The van der Waals surface area contributed by atoms with Crippen molar-refractivity contribution in [3.63, 3.8) is 0 Å². The van der Waals surface area contributed by atoms with Crippen LogP contribution < -0.4 is 10.6 Å². The lowest BCUT2D eigenvalue weighted by Crippen LogP contribution is -2.42. The fraction of sp³-hybridized carbons (Fsp3) is 0.471. The van der Waals surface area contributed by atoms with Crippen molar-refractivity contribution in [2.24, 2.45) is 5.92 Å². The van der Waals surface area contributed by atoms with Crippen LogP contribution in [0.15, 0.2) is 29.2 Å². The Morgan fingerprint density at radius 2 is 1.96 bits per heavy atom. The average molecular weight is 349 g/mol. The fourth-order valence-electron chi connectivity index (χ4n) is 2.34. The zero-order valence-corrected chi connectivity index (χ0v) is 15.0. The molecular formula is C17H23N3O3S. The van der Waals surface area contributed by atoms with Crippen LogP contribution in [0.3, 0.4) is 0 Å². The highest BCUT2D eigenvalue weighted by Gasteiger charge is 2.40. The summed E-state index contributed by atoms with van der Waals surface area (Å²) in [5, 5.41) is 5.35. The summed E-state index contributed by atoms with van der Waals surface area (Å²) in [5.74, 6) is 0.0656. The van der Waals surface area contributed by atoms with Gasteiger partial charge in [0.05, 0.1) is 0 Å². The molecule has 2 N–H and O–H groups in total. The number of benzene rings is 1. The number of carbonyl (C=O) groups is 3. The number of hydrogen-bond acceptors (Lipinski definition) is 4. The first-order valence-electron chi connectivity index (χ1n) is 7.96. The highest BCUT2D eigenvalue weighted by Crippen LogP contribution is 2.17. The Balaban J connectivity index is 1.72. The van der Waals surface area contributed by atoms with Gasteiger partial charge in [0.2, 0.25) is 5.91 Å². The molecule has 1 atom stereocenters. The van der Waals surface area contributed by atoms with Gasteiger partial charge in [-0.3, -0.25) is 14.5 Å². The minimum absolute atomic E-state index is 0.000389. The normalized spacial score (nSPS) is 17.3. The molecule has 2 rings (SSSR count). The monoisotopic (exact) mass is 349 g/mol. The van der Waals surface area contributed by atoms with E-state index in [1.54, 1.807) is 11.8 Å². The second-order valence-electron chi connectivity index (χ2n) is 6.11. The lowest BCUT2D eigenvalue weighted by atomic mass is 10.1. The van der Waals surface area contributed by atoms with E-state index in [4.69, 9.17) is 0 Å². The van der Waals surface area contributed by atoms with Gasteiger partial charge in [-0.2, -0.15) is 0 Å². The van der Waals surface area contributed by atoms with Crippen molar-refractivity contribution in [2.75, 3.05) is 18.8 Å². The number of carbonyl (C=O) groups excluding carboxylic acids is 3. The third-order valence-corrected chi connectivity index (χ3v) is 4.75. The van der Waals surface area contributed by atoms with Crippen LogP contribution in [0.2, 0.25) is 0 Å². The topological polar surface area (TPSA) is 78.5 Å². The fourth-order valence-corrected chi connectivity index (χ4v) is 3.10. The molecule has 0 aliphatic carbocycles. The highest BCUT2D eigenvalue weighted by molar-refractivity contribution is 7.99. The molecule has 7 heteroatoms. The Morgan fingerprint density at radius 3 is 2.54 bits per heavy atom. The molecule has 0 unspecified atom stereocenters. The molecule has 1 aromatic carbocycles. The molecule has 1 aliphatic rings. The van der Waals surface area contributed by atoms with Gasteiger partial charge < -0.3 is 10.6 Å². The first-order chi connectivity index (χ1) is 11.4. The van der Waals surface area contributed by atoms with Crippen LogP contribution >= 0.6 is 11.8 Å². The SMILES string of the molecule is Cc1ccc(SCCNC(=O)CN2C(=O)N[C@H](C(C)C)C2=O)cc1. The maximum absolute atomic E-state index is 12.1. The van der Waals surface area contributed by atoms with Gasteiger partial charge in [0.1, 0.15) is 12.6 Å². The molecular weight excluding hydrogens is 326 g/mol. The van der Waals surface area contributed by atoms with E-state index in [-0.39, 0.29) is 24.3 Å². The molecule has 0 aromatic heterocycles. The zero-order valence-electron chi connectivity index (χ0n) is 14.2. The van der Waals surface area contributed by atoms with Crippen LogP contribution in [-0.2, 0) is 9.59 Å². The summed E-state index contributed by atoms with van der Waals surface area (Å²) in [5.41, 5.74) is 1.21. The van der Waals surface area contributed by atoms with E-state index in [0.29, 0.717) is 6.54 Å². The molecule has 1 heterocycles. The Bertz CT molecular complexity index is 616. The van der Waals surface area contributed by atoms with Crippen molar-refractivity contribution in [3.8, 4) is 0 Å². The van der Waals surface area contributed by atoms with Crippen molar-refractivity contribution in [1.82, 2.24) is 15.5 Å². The Morgan fingerprint density at radius 1 is 1.29 bits per heavy atom. The summed E-state index contributed by atoms with van der Waals surface area (Å²) >= 11 is 1.64. The second-order valence-corrected chi connectivity index (χ2v) is 7.28. The van der Waals surface area contributed by atoms with Crippen LogP contribution in [0.25, 0.3) is 0 Å². The lowest BCUT2D eigenvalue weighted by Gasteiger charge is -2.14. The van der Waals surface area contributed by atoms with Crippen molar-refractivity contribution >= 4 is 29.6 Å². The summed E-state index contributed by atoms with van der Waals surface area (Å²) in [6.45, 7) is 6.00. The molecule has 4 amide bonds. The summed E-state index contributed by atoms with van der Waals surface area (Å²) in [6, 6.07) is 7.14. The van der Waals surface area contributed by atoms with Gasteiger partial charge in [-0.1, -0.05) is 31.5 Å². The molecule has 0 radical (unpaired) electrons. The number of nitrogens with zero attached hydrogens (tertiary/aromatic N) is 1. The summed E-state index contributed by atoms with van der Waals surface area (Å²) in [7, 11) is 0. The van der Waals surface area contributed by atoms with Gasteiger partial charge in [0.25, 0.3) is 5.91 Å². The quantitative estimate of drug-likeness (QED) is 0.447. The minimum atomic E-state index is -0.539. The second kappa shape index (κ2) is 8.19. The lowest BCUT2D eigenvalue weighted by molar-refractivity contribution is -0.132. The first-order valence-corrected chi connectivity index (χ1v) is 8.95. The average Bonchev–Trinajstić information content (AvgIpc) is 2.81. The van der Waals surface area contributed by atoms with Crippen LogP contribution in [0.1, 0.15) is 19.4 Å². The number of imide groups is 1. The number of aryl methyl sites for hydroxylation is 1. The van der Waals surface area contributed by atoms with Crippen LogP contribution in [0.4, 0.5) is 4.79 Å². The molecule has 0 bridgehead atoms. The van der Waals surface area contributed by atoms with E-state index in [9.17, 15) is 14.4 Å². The number of rotatable bonds is 7. The molecule has 1 fully saturated rings. The van der Waals surface area contributed by atoms with Gasteiger partial charge in [-0.25, -0.2) is 4.79 Å². The maximum Gasteiger partial charge on any atom is 0.325 e. The maximum atomic E-state index is 12.1. The molecule has 0 saturated carbocycles. The predicted octanol–water partition coefficient (Wildman–Crippen LogP) is 1.78. The number of amides is 4. The van der Waals surface area contributed by atoms with Crippen molar-refractivity contribution in [2.45, 2.75) is 31.7 Å². The molecule has 1 saturated heterocycles. The van der Waals surface area contributed by atoms with Crippen LogP contribution in [-0.4, -0.2) is 47.6 Å². The van der Waals surface area contributed by atoms with Crippen molar-refractivity contribution < 1.29 is 14.4 Å². The van der Waals surface area contributed by atoms with Gasteiger partial charge in [-0.15, -0.1) is 11.8 Å². The Hall–Kier alpha value is -2.02. The number of nitrogens with one attached hydrogen (secondary N) is 2. The third kappa shape index (κ3) is 4.74. The van der Waals surface area contributed by atoms with Gasteiger partial charge >= 0.3 is 6.03 Å². The van der Waals surface area contributed by atoms with E-state index in [1.807, 2.05) is 45.0 Å². The van der Waals surface area contributed by atoms with Crippen LogP contribution in [0, 0.1) is 12.8 Å². The van der Waals surface area contributed by atoms with Crippen molar-refractivity contribution in [1.29, 1.82) is 0 Å². The number of hydrogen-bond donors (Lipinski definition) is 2. The van der Waals surface area contributed by atoms with E-state index < -0.39 is 12.1 Å². The number of urea groups is 1. The first kappa shape index (κ1) is 18.3. The van der Waals surface area contributed by atoms with E-state index >= 15 is 0 Å². The summed E-state index contributed by atoms with van der Waals surface area (Å²) < 4.78 is 0. The Labute approximate surface area is 146 Å². The molecule has 6 nitrogen and oxygen atoms in total. The Kier molecular flexibility index (Phi) is 6.25. The third-order valence-electron chi connectivity index (χ3n) is 3.74. The van der Waals surface area contributed by atoms with Gasteiger partial charge in [-0.05, 0) is 25.0 Å². The zero-order chi connectivity index (χ0) is 17.7. The summed E-state index contributed by atoms with van der Waals surface area (Å²) in [4.78, 5) is 37.9. The predicted molar refractivity (Wildman–Crippen MR) is 93.8 cm³/mol. The van der Waals surface area contributed by atoms with E-state index in [1.165, 1.54) is 5.56 Å². The number of thioether (sulfide) groups is 1. The van der Waals surface area contributed by atoms with E-state index in [0.717, 1.165) is 15.5 Å². The molecule has 130 valence electrons. The molecule has 0 spiro atoms. The highest BCUT2D eigenvalue weighted by atomic mass is 32.2. The smallest absolute Gasteiger partial charge is 0.325 e. The van der Waals surface area contributed by atoms with Gasteiger partial charge in [0, 0.05) is 17.2 Å². The van der Waals surface area contributed by atoms with Gasteiger partial charge in [0.15, 0.2) is 0 Å². The largest absolute Gasteiger partial charge is 0.354 e. The standard InChI is InChI=1S/C17H23N3O3S/c1-11(2)15-16(22)20(17(23)19-15)10-14(21)18-8-9-24-13-6-4-12(3)5-7-13/h4-7,11,15H,8-10H2,1-3H3,(H,18,21)(H,19,23)/t15-/m1/s1. The summed E-state index contributed by atoms with van der Waals surface area (Å²) in [6.07, 6.45) is 0. The van der Waals surface area contributed by atoms with E-state index in [2.05, 4.69) is 10.6 Å². The minimum Gasteiger partial charge on any atom is -0.354 e. The molecule has 1 aliphatic heterocycles. The van der Waals surface area contributed by atoms with Crippen molar-refractivity contribution in [3.05, 3.63) is 29.8 Å².